The molecule has 0 aromatic heterocycles. The fraction of sp³-hybridized carbons (Fsp3) is 0.875. The molecular weight excluding hydrogens is 576 g/mol. The molecule has 0 aliphatic heterocycles. The van der Waals surface area contributed by atoms with Gasteiger partial charge in [-0.25, -0.2) is 38.7 Å². The van der Waals surface area contributed by atoms with E-state index in [1.165, 1.54) is 0 Å². The fourth-order valence-corrected chi connectivity index (χ4v) is 4.15. The molecule has 0 radical (unpaired) electrons. The summed E-state index contributed by atoms with van der Waals surface area (Å²) >= 11 is 0. The van der Waals surface area contributed by atoms with Gasteiger partial charge in [-0.2, -0.15) is 0 Å². The van der Waals surface area contributed by atoms with Gasteiger partial charge in [0.1, 0.15) is 0 Å². The van der Waals surface area contributed by atoms with Gasteiger partial charge in [-0.3, -0.25) is 0 Å². The molecular formula is C32H60O12. The average molecular weight is 637 g/mol. The second kappa shape index (κ2) is 30.7. The third-order valence-electron chi connectivity index (χ3n) is 6.96. The van der Waals surface area contributed by atoms with E-state index >= 15 is 0 Å². The van der Waals surface area contributed by atoms with Crippen LogP contribution in [0, 0.1) is 0 Å². The molecule has 0 bridgehead atoms. The lowest BCUT2D eigenvalue weighted by Crippen LogP contribution is -2.30. The molecule has 0 aromatic rings. The third kappa shape index (κ3) is 26.2. The van der Waals surface area contributed by atoms with Crippen molar-refractivity contribution in [1.82, 2.24) is 0 Å². The van der Waals surface area contributed by atoms with E-state index in [9.17, 15) is 19.2 Å². The average Bonchev–Trinajstić information content (AvgIpc) is 2.97. The van der Waals surface area contributed by atoms with E-state index in [2.05, 4.69) is 27.7 Å². The predicted molar refractivity (Wildman–Crippen MR) is 165 cm³/mol. The number of hydrogen-bond acceptors (Lipinski definition) is 8. The van der Waals surface area contributed by atoms with Crippen molar-refractivity contribution in [3.8, 4) is 0 Å². The van der Waals surface area contributed by atoms with E-state index in [1.54, 1.807) is 0 Å². The van der Waals surface area contributed by atoms with Gasteiger partial charge in [-0.05, 0) is 25.7 Å². The Morgan fingerprint density at radius 2 is 0.545 bits per heavy atom. The molecule has 0 saturated heterocycles. The van der Waals surface area contributed by atoms with Crippen LogP contribution in [0.25, 0.3) is 0 Å². The van der Waals surface area contributed by atoms with Gasteiger partial charge in [-0.15, -0.1) is 0 Å². The molecule has 12 heteroatoms. The van der Waals surface area contributed by atoms with Crippen LogP contribution in [-0.4, -0.2) is 68.7 Å². The van der Waals surface area contributed by atoms with Crippen LogP contribution in [0.2, 0.25) is 0 Å². The first kappa shape index (κ1) is 43.8. The second-order valence-corrected chi connectivity index (χ2v) is 11.1. The molecule has 44 heavy (non-hydrogen) atoms. The molecule has 0 aliphatic rings. The zero-order chi connectivity index (χ0) is 33.6. The minimum Gasteiger partial charge on any atom is -0.479 e. The zero-order valence-corrected chi connectivity index (χ0v) is 27.5. The number of unbranched alkanes of at least 4 members (excludes halogenated alkanes) is 12. The van der Waals surface area contributed by atoms with Gasteiger partial charge in [0.25, 0.3) is 0 Å². The van der Waals surface area contributed by atoms with Crippen LogP contribution in [-0.2, 0) is 38.7 Å². The molecule has 4 unspecified atom stereocenters. The van der Waals surface area contributed by atoms with Crippen molar-refractivity contribution in [3.05, 3.63) is 0 Å². The van der Waals surface area contributed by atoms with Crippen LogP contribution in [0.1, 0.15) is 156 Å². The van der Waals surface area contributed by atoms with Gasteiger partial charge >= 0.3 is 23.9 Å². The van der Waals surface area contributed by atoms with Crippen LogP contribution in [0.3, 0.4) is 0 Å². The Morgan fingerprint density at radius 1 is 0.364 bits per heavy atom. The van der Waals surface area contributed by atoms with E-state index in [0.29, 0.717) is 25.7 Å². The zero-order valence-electron chi connectivity index (χ0n) is 27.5. The van der Waals surface area contributed by atoms with Gasteiger partial charge in [0.2, 0.25) is 0 Å². The molecule has 12 nitrogen and oxygen atoms in total. The van der Waals surface area contributed by atoms with Crippen LogP contribution in [0.15, 0.2) is 0 Å². The topological polar surface area (TPSA) is 186 Å². The maximum Gasteiger partial charge on any atom is 0.336 e. The minimum absolute atomic E-state index is 0.331. The van der Waals surface area contributed by atoms with E-state index in [1.807, 2.05) is 0 Å². The van der Waals surface area contributed by atoms with Crippen molar-refractivity contribution in [2.75, 3.05) is 0 Å². The molecule has 0 spiro atoms. The standard InChI is InChI=1S/2C16H30O6/c2*1-3-5-7-9-11-13(15(17)18)21-22-14(16(19)20)12-10-8-6-4-2/h2*13-14H,3-12H2,1-2H3,(H,17,18)(H,19,20). The van der Waals surface area contributed by atoms with Crippen molar-refractivity contribution in [3.63, 3.8) is 0 Å². The van der Waals surface area contributed by atoms with Crippen molar-refractivity contribution < 1.29 is 59.2 Å². The largest absolute Gasteiger partial charge is 0.479 e. The molecule has 0 heterocycles. The predicted octanol–water partition coefficient (Wildman–Crippen LogP) is 7.56. The number of hydrogen-bond donors (Lipinski definition) is 4. The lowest BCUT2D eigenvalue weighted by atomic mass is 10.1. The Balaban J connectivity index is 0. The van der Waals surface area contributed by atoms with Gasteiger partial charge in [0.05, 0.1) is 0 Å². The van der Waals surface area contributed by atoms with Crippen molar-refractivity contribution >= 4 is 23.9 Å². The third-order valence-corrected chi connectivity index (χ3v) is 6.96. The van der Waals surface area contributed by atoms with E-state index in [4.69, 9.17) is 40.0 Å². The van der Waals surface area contributed by atoms with Gasteiger partial charge in [0, 0.05) is 0 Å². The summed E-state index contributed by atoms with van der Waals surface area (Å²) in [6.45, 7) is 8.29. The molecule has 0 saturated carbocycles. The maximum atomic E-state index is 11.1. The Hall–Kier alpha value is -2.28. The second-order valence-electron chi connectivity index (χ2n) is 11.1. The summed E-state index contributed by atoms with van der Waals surface area (Å²) in [4.78, 5) is 63.9. The van der Waals surface area contributed by atoms with E-state index < -0.39 is 48.3 Å². The van der Waals surface area contributed by atoms with Gasteiger partial charge in [-0.1, -0.05) is 130 Å². The molecule has 260 valence electrons. The monoisotopic (exact) mass is 636 g/mol. The quantitative estimate of drug-likeness (QED) is 0.0345. The van der Waals surface area contributed by atoms with Crippen molar-refractivity contribution in [2.45, 2.75) is 181 Å². The summed E-state index contributed by atoms with van der Waals surface area (Å²) in [5.41, 5.74) is 0. The SMILES string of the molecule is CCCCCCC(OOC(CCCCCC)C(=O)O)C(=O)O.CCCCCCC(OOC(CCCCCC)C(=O)O)C(=O)O. The lowest BCUT2D eigenvalue weighted by molar-refractivity contribution is -0.343. The van der Waals surface area contributed by atoms with Gasteiger partial charge in [0.15, 0.2) is 24.4 Å². The number of aliphatic carboxylic acids is 4. The highest BCUT2D eigenvalue weighted by Crippen LogP contribution is 2.15. The smallest absolute Gasteiger partial charge is 0.336 e. The van der Waals surface area contributed by atoms with Gasteiger partial charge < -0.3 is 20.4 Å². The normalized spacial score (nSPS) is 13.7. The van der Waals surface area contributed by atoms with Crippen molar-refractivity contribution in [1.29, 1.82) is 0 Å². The fourth-order valence-electron chi connectivity index (χ4n) is 4.15. The number of carboxylic acids is 4. The van der Waals surface area contributed by atoms with E-state index in [-0.39, 0.29) is 0 Å². The molecule has 0 aliphatic carbocycles. The summed E-state index contributed by atoms with van der Waals surface area (Å²) < 4.78 is 0. The first-order valence-electron chi connectivity index (χ1n) is 16.6. The highest BCUT2D eigenvalue weighted by atomic mass is 17.2. The molecule has 0 fully saturated rings. The summed E-state index contributed by atoms with van der Waals surface area (Å²) in [5.74, 6) is -4.48. The van der Waals surface area contributed by atoms with Crippen LogP contribution < -0.4 is 0 Å². The van der Waals surface area contributed by atoms with E-state index in [0.717, 1.165) is 103 Å². The first-order chi connectivity index (χ1) is 21.0. The van der Waals surface area contributed by atoms with Crippen molar-refractivity contribution in [2.24, 2.45) is 0 Å². The summed E-state index contributed by atoms with van der Waals surface area (Å²) in [5, 5.41) is 36.3. The summed E-state index contributed by atoms with van der Waals surface area (Å²) in [7, 11) is 0. The molecule has 0 aromatic carbocycles. The Labute approximate surface area is 263 Å². The number of carbonyl (C=O) groups is 4. The maximum absolute atomic E-state index is 11.1. The number of carboxylic acid groups (broad SMARTS) is 4. The highest BCUT2D eigenvalue weighted by Gasteiger charge is 2.26. The minimum atomic E-state index is -1.12. The molecule has 0 amide bonds. The van der Waals surface area contributed by atoms with Crippen LogP contribution >= 0.6 is 0 Å². The Morgan fingerprint density at radius 3 is 0.682 bits per heavy atom. The Kier molecular flexibility index (Phi) is 30.6. The molecule has 4 N–H and O–H groups in total. The molecule has 4 atom stereocenters. The summed E-state index contributed by atoms with van der Waals surface area (Å²) in [6.07, 6.45) is 12.0. The van der Waals surface area contributed by atoms with Crippen LogP contribution in [0.4, 0.5) is 0 Å². The molecule has 0 rings (SSSR count). The number of rotatable bonds is 30. The highest BCUT2D eigenvalue weighted by molar-refractivity contribution is 5.73. The van der Waals surface area contributed by atoms with Crippen LogP contribution in [0.5, 0.6) is 0 Å². The summed E-state index contributed by atoms with van der Waals surface area (Å²) in [6, 6.07) is 0. The Bertz CT molecular complexity index is 610. The lowest BCUT2D eigenvalue weighted by Gasteiger charge is -2.16. The first-order valence-corrected chi connectivity index (χ1v) is 16.6.